The van der Waals surface area contributed by atoms with Crippen LogP contribution in [0.5, 0.6) is 0 Å². The highest BCUT2D eigenvalue weighted by Crippen LogP contribution is 2.37. The minimum Gasteiger partial charge on any atom is -0.480 e. The molecule has 103 heavy (non-hydrogen) atoms. The van der Waals surface area contributed by atoms with Crippen molar-refractivity contribution in [3.63, 3.8) is 0 Å². The zero-order chi connectivity index (χ0) is 77.5. The van der Waals surface area contributed by atoms with Crippen molar-refractivity contribution < 1.29 is 81.9 Å². The van der Waals surface area contributed by atoms with E-state index in [2.05, 4.69) is 21.3 Å². The lowest BCUT2D eigenvalue weighted by molar-refractivity contribution is -0.169. The normalized spacial score (nSPS) is 14.9. The average molecular weight is 1440 g/mol. The Labute approximate surface area is 605 Å². The number of carbonyl (C=O) groups is 11. The summed E-state index contributed by atoms with van der Waals surface area (Å²) in [5.74, 6) is -14.8. The number of alkyl carbamates (subject to hydrolysis) is 2. The van der Waals surface area contributed by atoms with Crippen molar-refractivity contribution in [3.05, 3.63) is 144 Å². The molecule has 0 aliphatic carbocycles. The van der Waals surface area contributed by atoms with Crippen molar-refractivity contribution in [1.29, 1.82) is 0 Å². The molecule has 0 saturated carbocycles. The van der Waals surface area contributed by atoms with Crippen molar-refractivity contribution in [2.45, 2.75) is 226 Å². The number of hydrogen-bond acceptors (Lipinski definition) is 19. The largest absolute Gasteiger partial charge is 0.480 e. The second kappa shape index (κ2) is 39.0. The molecule has 10 amide bonds. The van der Waals surface area contributed by atoms with Crippen LogP contribution in [0.25, 0.3) is 0 Å². The minimum atomic E-state index is -2.29. The van der Waals surface area contributed by atoms with E-state index in [1.165, 1.54) is 13.8 Å². The summed E-state index contributed by atoms with van der Waals surface area (Å²) in [6, 6.07) is 21.8. The number of nitrogens with two attached hydrogens (primary N) is 3. The van der Waals surface area contributed by atoms with Crippen LogP contribution in [0.4, 0.5) is 9.59 Å². The third kappa shape index (κ3) is 26.0. The summed E-state index contributed by atoms with van der Waals surface area (Å²) in [5.41, 5.74) is 18.0. The number of nitrogens with one attached hydrogen (secondary N) is 4. The lowest BCUT2D eigenvalue weighted by Crippen LogP contribution is -2.66. The molecule has 0 aliphatic heterocycles. The molecule has 0 bridgehead atoms. The Morgan fingerprint density at radius 1 is 0.592 bits per heavy atom. The predicted molar refractivity (Wildman–Crippen MR) is 386 cm³/mol. The number of rotatable bonds is 35. The smallest absolute Gasteiger partial charge is 0.408 e. The molecule has 0 saturated heterocycles. The number of carboxylic acid groups (broad SMARTS) is 1. The second-order valence-electron chi connectivity index (χ2n) is 29.5. The van der Waals surface area contributed by atoms with E-state index in [0.717, 1.165) is 0 Å². The number of carbonyl (C=O) groups excluding carboxylic acids is 10. The quantitative estimate of drug-likeness (QED) is 0.0174. The van der Waals surface area contributed by atoms with E-state index in [1.54, 1.807) is 218 Å². The summed E-state index contributed by atoms with van der Waals surface area (Å²) in [6.45, 7) is 22.5. The zero-order valence-electron chi connectivity index (χ0n) is 62.4. The maximum atomic E-state index is 16.4. The summed E-state index contributed by atoms with van der Waals surface area (Å²) in [6.07, 6.45) is -6.45. The van der Waals surface area contributed by atoms with Crippen LogP contribution in [0, 0.1) is 17.8 Å². The van der Waals surface area contributed by atoms with Crippen molar-refractivity contribution in [2.75, 3.05) is 19.7 Å². The van der Waals surface area contributed by atoms with Crippen LogP contribution in [-0.2, 0) is 74.2 Å². The molecule has 566 valence electrons. The van der Waals surface area contributed by atoms with Crippen LogP contribution in [0.2, 0.25) is 0 Å². The van der Waals surface area contributed by atoms with E-state index in [9.17, 15) is 34.2 Å². The maximum absolute atomic E-state index is 16.4. The molecule has 0 radical (unpaired) electrons. The lowest BCUT2D eigenvalue weighted by Gasteiger charge is -2.40. The molecule has 27 nitrogen and oxygen atoms in total. The molecule has 0 aromatic heterocycles. The van der Waals surface area contributed by atoms with Crippen molar-refractivity contribution in [1.82, 2.24) is 36.0 Å². The zero-order valence-corrected chi connectivity index (χ0v) is 62.4. The summed E-state index contributed by atoms with van der Waals surface area (Å²) in [4.78, 5) is 165. The van der Waals surface area contributed by atoms with Crippen molar-refractivity contribution in [2.24, 2.45) is 35.0 Å². The van der Waals surface area contributed by atoms with Gasteiger partial charge in [-0.2, -0.15) is 0 Å². The Balaban J connectivity index is 1.99. The summed E-state index contributed by atoms with van der Waals surface area (Å²) >= 11 is 0. The molecule has 4 aromatic rings. The fourth-order valence-electron chi connectivity index (χ4n) is 11.2. The summed E-state index contributed by atoms with van der Waals surface area (Å²) < 4.78 is 22.8. The van der Waals surface area contributed by atoms with E-state index in [-0.39, 0.29) is 48.6 Å². The summed E-state index contributed by atoms with van der Waals surface area (Å²) in [5, 5.41) is 33.3. The molecule has 4 aromatic carbocycles. The van der Waals surface area contributed by atoms with E-state index in [4.69, 9.17) is 36.1 Å². The molecule has 27 heteroatoms. The Bertz CT molecular complexity index is 3370. The number of hydrogen-bond donors (Lipinski definition) is 9. The van der Waals surface area contributed by atoms with Crippen molar-refractivity contribution >= 4 is 65.4 Å². The van der Waals surface area contributed by atoms with Crippen molar-refractivity contribution in [3.8, 4) is 0 Å². The summed E-state index contributed by atoms with van der Waals surface area (Å²) in [7, 11) is 0. The maximum Gasteiger partial charge on any atom is 0.408 e. The van der Waals surface area contributed by atoms with Gasteiger partial charge in [-0.3, -0.25) is 53.1 Å². The molecular formula is C76H110N10O17. The molecule has 0 aliphatic rings. The van der Waals surface area contributed by atoms with Gasteiger partial charge in [0.2, 0.25) is 35.4 Å². The standard InChI is InChI=1S/C76H110N10O17/c1-17-48(6)62(86(65(91)54(77)39-30-40-80-71(98)100-44-50-31-22-18-23-32-50)67(93)56(41-46(2)3)81-64(90)61(63(89)47(4)5)82-72(99)103-75(14,15)16)69(95)84(68(94)60(79)49(7)102-74(11,12)13)43-59(88)85(57(70(96)97)45-101-73(8,9)10)66(92)55(78)42-58(87)83-76(51-33-24-19-25-34-51,52-35-26-20-27-36-52)53-37-28-21-29-38-53/h18-29,31-38,46-49,54-57,60-63,89H,17,30,39-45,77-79H2,1-16H3,(H,80,98)(H,81,90)(H,82,99)(H,83,87)(H,96,97)/t48-,49-,54+,55-,56-,57-,60-,61-,62-,63+/m0/s1. The first-order valence-electron chi connectivity index (χ1n) is 34.8. The van der Waals surface area contributed by atoms with E-state index < -0.39 is 180 Å². The van der Waals surface area contributed by atoms with Gasteiger partial charge in [0.15, 0.2) is 6.04 Å². The highest BCUT2D eigenvalue weighted by Gasteiger charge is 2.49. The Hall–Kier alpha value is -8.99. The third-order valence-electron chi connectivity index (χ3n) is 16.6. The topological polar surface area (TPSA) is 401 Å². The predicted octanol–water partition coefficient (Wildman–Crippen LogP) is 6.57. The minimum absolute atomic E-state index is 0.0422. The van der Waals surface area contributed by atoms with Gasteiger partial charge in [0.1, 0.15) is 48.5 Å². The van der Waals surface area contributed by atoms with E-state index in [0.29, 0.717) is 27.2 Å². The number of amides is 10. The highest BCUT2D eigenvalue weighted by atomic mass is 16.6. The highest BCUT2D eigenvalue weighted by molar-refractivity contribution is 6.11. The Morgan fingerprint density at radius 2 is 1.10 bits per heavy atom. The lowest BCUT2D eigenvalue weighted by atomic mass is 9.77. The fourth-order valence-corrected chi connectivity index (χ4v) is 11.2. The fraction of sp³-hybridized carbons (Fsp3) is 0.539. The van der Waals surface area contributed by atoms with Crippen LogP contribution in [0.15, 0.2) is 121 Å². The van der Waals surface area contributed by atoms with Crippen LogP contribution < -0.4 is 38.5 Å². The molecule has 12 N–H and O–H groups in total. The Kier molecular flexibility index (Phi) is 32.8. The first-order valence-corrected chi connectivity index (χ1v) is 34.8. The van der Waals surface area contributed by atoms with Gasteiger partial charge in [0, 0.05) is 6.54 Å². The van der Waals surface area contributed by atoms with Gasteiger partial charge < -0.3 is 67.6 Å². The Morgan fingerprint density at radius 3 is 1.55 bits per heavy atom. The average Bonchev–Trinajstić information content (AvgIpc) is 0.761. The third-order valence-corrected chi connectivity index (χ3v) is 16.6. The van der Waals surface area contributed by atoms with Gasteiger partial charge in [-0.1, -0.05) is 169 Å². The van der Waals surface area contributed by atoms with Crippen LogP contribution in [-0.4, -0.2) is 181 Å². The van der Waals surface area contributed by atoms with Gasteiger partial charge in [-0.05, 0) is 129 Å². The van der Waals surface area contributed by atoms with Crippen LogP contribution in [0.1, 0.15) is 165 Å². The monoisotopic (exact) mass is 1430 g/mol. The molecule has 0 unspecified atom stereocenters. The first-order chi connectivity index (χ1) is 48.0. The number of aliphatic hydroxyl groups excluding tert-OH is 1. The molecule has 0 fully saturated rings. The number of imide groups is 3. The molecule has 0 heterocycles. The van der Waals surface area contributed by atoms with Crippen LogP contribution >= 0.6 is 0 Å². The molecule has 4 rings (SSSR count). The van der Waals surface area contributed by atoms with Crippen LogP contribution in [0.3, 0.4) is 0 Å². The second-order valence-corrected chi connectivity index (χ2v) is 29.5. The van der Waals surface area contributed by atoms with E-state index in [1.807, 2.05) is 0 Å². The SMILES string of the molecule is CC[C@H](C)[C@@H](C(=O)N(CC(=O)N(C(=O)[C@@H](N)CC(=O)NC(c1ccccc1)(c1ccccc1)c1ccccc1)[C@@H](COC(C)(C)C)C(=O)O)C(=O)[C@@H](N)[C@H](C)OC(C)(C)C)N(C(=O)[C@H](N)CCCNC(=O)OCc1ccccc1)C(=O)[C@H](CC(C)C)NC(=O)[C@@H](NC(=O)OC(C)(C)C)[C@H](O)C(C)C. The first kappa shape index (κ1) is 86.4. The number of carboxylic acids is 1. The van der Waals surface area contributed by atoms with Gasteiger partial charge in [-0.15, -0.1) is 0 Å². The number of ether oxygens (including phenoxy) is 4. The molecule has 0 spiro atoms. The van der Waals surface area contributed by atoms with E-state index >= 15 is 28.8 Å². The number of aliphatic hydroxyl groups is 1. The number of nitrogens with zero attached hydrogens (tertiary/aromatic N) is 3. The number of benzene rings is 4. The number of aliphatic carboxylic acids is 1. The van der Waals surface area contributed by atoms with Gasteiger partial charge in [0.05, 0.1) is 48.5 Å². The van der Waals surface area contributed by atoms with Gasteiger partial charge in [-0.25, -0.2) is 14.4 Å². The van der Waals surface area contributed by atoms with Gasteiger partial charge in [0.25, 0.3) is 11.8 Å². The van der Waals surface area contributed by atoms with Gasteiger partial charge >= 0.3 is 18.2 Å². The molecule has 10 atom stereocenters. The molecular weight excluding hydrogens is 1320 g/mol.